The predicted molar refractivity (Wildman–Crippen MR) is 128 cm³/mol. The molecule has 4 aliphatic carbocycles. The van der Waals surface area contributed by atoms with E-state index in [1.54, 1.807) is 0 Å². The summed E-state index contributed by atoms with van der Waals surface area (Å²) in [7, 11) is 0. The zero-order chi connectivity index (χ0) is 26.9. The second kappa shape index (κ2) is 9.50. The number of aliphatic hydroxyl groups is 5. The lowest BCUT2D eigenvalue weighted by atomic mass is 9.44. The molecule has 4 saturated carbocycles. The lowest BCUT2D eigenvalue weighted by molar-refractivity contribution is -0.309. The minimum Gasteiger partial charge on any atom is -0.479 e. The van der Waals surface area contributed by atoms with Gasteiger partial charge in [0.25, 0.3) is 0 Å². The lowest BCUT2D eigenvalue weighted by Crippen LogP contribution is -2.61. The fourth-order valence-corrected chi connectivity index (χ4v) is 9.30. The number of carboxylic acids is 1. The van der Waals surface area contributed by atoms with E-state index < -0.39 is 60.1 Å². The number of fused-ring (bicyclic) bond motifs is 5. The summed E-state index contributed by atoms with van der Waals surface area (Å²) >= 11 is 0. The highest BCUT2D eigenvalue weighted by atomic mass is 16.7. The smallest absolute Gasteiger partial charge is 0.335 e. The first kappa shape index (κ1) is 27.4. The van der Waals surface area contributed by atoms with Crippen molar-refractivity contribution in [1.82, 2.24) is 0 Å². The molecule has 1 saturated heterocycles. The highest BCUT2D eigenvalue weighted by Crippen LogP contribution is 2.68. The topological polar surface area (TPSA) is 174 Å². The molecule has 0 unspecified atom stereocenters. The maximum absolute atomic E-state index is 12.6. The van der Waals surface area contributed by atoms with Gasteiger partial charge in [-0.2, -0.15) is 0 Å². The molecule has 37 heavy (non-hydrogen) atoms. The monoisotopic (exact) mass is 526 g/mol. The molecule has 10 heteroatoms. The van der Waals surface area contributed by atoms with E-state index >= 15 is 0 Å². The van der Waals surface area contributed by atoms with E-state index in [1.807, 2.05) is 6.92 Å². The zero-order valence-electron chi connectivity index (χ0n) is 21.7. The van der Waals surface area contributed by atoms with E-state index in [2.05, 4.69) is 6.92 Å². The summed E-state index contributed by atoms with van der Waals surface area (Å²) in [4.78, 5) is 24.0. The summed E-state index contributed by atoms with van der Waals surface area (Å²) in [5, 5.41) is 60.7. The van der Waals surface area contributed by atoms with Crippen molar-refractivity contribution in [3.63, 3.8) is 0 Å². The second-order valence-corrected chi connectivity index (χ2v) is 12.9. The quantitative estimate of drug-likeness (QED) is 0.278. The van der Waals surface area contributed by atoms with Gasteiger partial charge in [-0.1, -0.05) is 13.8 Å². The number of aliphatic carboxylic acids is 1. The summed E-state index contributed by atoms with van der Waals surface area (Å²) in [5.74, 6) is -0.405. The van der Waals surface area contributed by atoms with Crippen LogP contribution in [0.3, 0.4) is 0 Å². The van der Waals surface area contributed by atoms with Crippen LogP contribution < -0.4 is 0 Å². The molecule has 0 aromatic heterocycles. The van der Waals surface area contributed by atoms with Crippen molar-refractivity contribution in [2.75, 3.05) is 6.61 Å². The van der Waals surface area contributed by atoms with E-state index in [9.17, 15) is 40.2 Å². The first-order valence-electron chi connectivity index (χ1n) is 13.8. The average molecular weight is 527 g/mol. The first-order valence-corrected chi connectivity index (χ1v) is 13.8. The maximum Gasteiger partial charge on any atom is 0.335 e. The Hall–Kier alpha value is -1.14. The molecule has 6 N–H and O–H groups in total. The van der Waals surface area contributed by atoms with Gasteiger partial charge in [-0.3, -0.25) is 4.79 Å². The summed E-state index contributed by atoms with van der Waals surface area (Å²) in [5.41, 5.74) is -1.90. The molecule has 1 aliphatic heterocycles. The summed E-state index contributed by atoms with van der Waals surface area (Å²) in [6.07, 6.45) is -1.06. The van der Waals surface area contributed by atoms with Gasteiger partial charge >= 0.3 is 5.97 Å². The molecule has 0 spiro atoms. The van der Waals surface area contributed by atoms with Gasteiger partial charge in [-0.25, -0.2) is 4.79 Å². The summed E-state index contributed by atoms with van der Waals surface area (Å²) < 4.78 is 11.4. The van der Waals surface area contributed by atoms with E-state index in [4.69, 9.17) is 9.47 Å². The second-order valence-electron chi connectivity index (χ2n) is 12.9. The Morgan fingerprint density at radius 1 is 0.919 bits per heavy atom. The molecule has 10 nitrogen and oxygen atoms in total. The first-order chi connectivity index (χ1) is 17.4. The SMILES string of the molecule is C[C@]12CC[C@@H](O[C@@H]3O[C@H](C(=O)O)[C@@H](O)[C@H](O)[C@H]3O)C[C@@H]1CC[C@@H]1[C@@H]2CC[C@@]2(C)[C@H]1CC[C@]2(O)C(=O)CO. The van der Waals surface area contributed by atoms with Gasteiger partial charge in [0.15, 0.2) is 18.2 Å². The molecule has 13 atom stereocenters. The van der Waals surface area contributed by atoms with Gasteiger partial charge in [0.05, 0.1) is 6.10 Å². The molecule has 1 heterocycles. The molecular formula is C27H42O10. The number of ketones is 1. The lowest BCUT2D eigenvalue weighted by Gasteiger charge is -2.61. The Labute approximate surface area is 217 Å². The Morgan fingerprint density at radius 3 is 2.30 bits per heavy atom. The van der Waals surface area contributed by atoms with E-state index in [-0.39, 0.29) is 17.4 Å². The molecule has 5 aliphatic rings. The molecule has 5 rings (SSSR count). The Balaban J connectivity index is 1.27. The molecule has 0 bridgehead atoms. The predicted octanol–water partition coefficient (Wildman–Crippen LogP) is 0.599. The van der Waals surface area contributed by atoms with Crippen LogP contribution in [0.4, 0.5) is 0 Å². The van der Waals surface area contributed by atoms with Crippen molar-refractivity contribution < 1.29 is 49.7 Å². The van der Waals surface area contributed by atoms with E-state index in [0.29, 0.717) is 30.6 Å². The number of carbonyl (C=O) groups is 2. The Morgan fingerprint density at radius 2 is 1.62 bits per heavy atom. The third-order valence-corrected chi connectivity index (χ3v) is 11.5. The summed E-state index contributed by atoms with van der Waals surface area (Å²) in [6.45, 7) is 3.76. The molecule has 0 aromatic rings. The highest BCUT2D eigenvalue weighted by Gasteiger charge is 2.66. The third kappa shape index (κ3) is 4.01. The molecule has 0 radical (unpaired) electrons. The number of hydrogen-bond acceptors (Lipinski definition) is 9. The number of ether oxygens (including phenoxy) is 2. The molecule has 5 fully saturated rings. The number of aliphatic hydroxyl groups excluding tert-OH is 4. The van der Waals surface area contributed by atoms with Gasteiger partial charge in [-0.15, -0.1) is 0 Å². The third-order valence-electron chi connectivity index (χ3n) is 11.5. The largest absolute Gasteiger partial charge is 0.479 e. The highest BCUT2D eigenvalue weighted by molar-refractivity contribution is 5.89. The minimum atomic E-state index is -1.74. The fourth-order valence-electron chi connectivity index (χ4n) is 9.30. The average Bonchev–Trinajstić information content (AvgIpc) is 3.15. The molecule has 0 amide bonds. The molecule has 0 aromatic carbocycles. The number of hydrogen-bond donors (Lipinski definition) is 6. The van der Waals surface area contributed by atoms with Crippen LogP contribution in [0.1, 0.15) is 71.6 Å². The minimum absolute atomic E-state index is 0.0666. The van der Waals surface area contributed by atoms with Crippen molar-refractivity contribution >= 4 is 11.8 Å². The zero-order valence-corrected chi connectivity index (χ0v) is 21.7. The van der Waals surface area contributed by atoms with Crippen LogP contribution in [-0.2, 0) is 19.1 Å². The summed E-state index contributed by atoms with van der Waals surface area (Å²) in [6, 6.07) is 0. The molecular weight excluding hydrogens is 484 g/mol. The van der Waals surface area contributed by atoms with Crippen LogP contribution in [0.2, 0.25) is 0 Å². The Bertz CT molecular complexity index is 912. The van der Waals surface area contributed by atoms with Crippen LogP contribution >= 0.6 is 0 Å². The van der Waals surface area contributed by atoms with E-state index in [1.165, 1.54) is 0 Å². The van der Waals surface area contributed by atoms with Gasteiger partial charge in [0.2, 0.25) is 0 Å². The Kier molecular flexibility index (Phi) is 7.04. The van der Waals surface area contributed by atoms with Gasteiger partial charge in [0, 0.05) is 5.41 Å². The van der Waals surface area contributed by atoms with Crippen molar-refractivity contribution in [2.24, 2.45) is 34.5 Å². The fraction of sp³-hybridized carbons (Fsp3) is 0.926. The van der Waals surface area contributed by atoms with Crippen molar-refractivity contribution in [1.29, 1.82) is 0 Å². The van der Waals surface area contributed by atoms with Crippen molar-refractivity contribution in [3.8, 4) is 0 Å². The van der Waals surface area contributed by atoms with Crippen LogP contribution in [-0.4, -0.2) is 91.4 Å². The standard InChI is InChI=1S/C27H42O10/c1-25-8-5-14(36-24-21(32)19(30)20(31)22(37-24)23(33)34)11-13(25)3-4-15-16(25)6-9-26(2)17(15)7-10-27(26,35)18(29)12-28/h13-17,19-22,24,28,30-32,35H,3-12H2,1-2H3,(H,33,34)/t13-,14+,15+,16-,17-,19-,20-,21+,22-,24+,25-,26-,27-/m0/s1. The van der Waals surface area contributed by atoms with Crippen LogP contribution in [0.15, 0.2) is 0 Å². The van der Waals surface area contributed by atoms with Crippen molar-refractivity contribution in [3.05, 3.63) is 0 Å². The number of Topliss-reactive ketones (excluding diaryl/α,β-unsaturated/α-hetero) is 1. The number of carboxylic acid groups (broad SMARTS) is 1. The maximum atomic E-state index is 12.6. The molecule has 210 valence electrons. The normalized spacial score (nSPS) is 53.6. The van der Waals surface area contributed by atoms with Gasteiger partial charge in [0.1, 0.15) is 30.5 Å². The van der Waals surface area contributed by atoms with Gasteiger partial charge in [-0.05, 0) is 86.9 Å². The number of rotatable bonds is 5. The van der Waals surface area contributed by atoms with E-state index in [0.717, 1.165) is 44.9 Å². The van der Waals surface area contributed by atoms with Crippen molar-refractivity contribution in [2.45, 2.75) is 114 Å². The van der Waals surface area contributed by atoms with Crippen LogP contribution in [0.5, 0.6) is 0 Å². The van der Waals surface area contributed by atoms with Gasteiger partial charge < -0.3 is 40.1 Å². The van der Waals surface area contributed by atoms with Crippen LogP contribution in [0, 0.1) is 34.5 Å². The number of carbonyl (C=O) groups excluding carboxylic acids is 1. The van der Waals surface area contributed by atoms with Crippen LogP contribution in [0.25, 0.3) is 0 Å².